The van der Waals surface area contributed by atoms with Crippen molar-refractivity contribution in [3.8, 4) is 11.5 Å². The van der Waals surface area contributed by atoms with Crippen molar-refractivity contribution in [2.75, 3.05) is 12.4 Å². The number of aliphatic imine (C=N–C) groups is 1. The fraction of sp³-hybridized carbons (Fsp3) is 0.294. The van der Waals surface area contributed by atoms with Crippen LogP contribution in [0.3, 0.4) is 0 Å². The van der Waals surface area contributed by atoms with E-state index in [1.807, 2.05) is 60.8 Å². The fourth-order valence-electron chi connectivity index (χ4n) is 5.18. The zero-order valence-electron chi connectivity index (χ0n) is 24.2. The minimum atomic E-state index is -0.145. The Labute approximate surface area is 270 Å². The van der Waals surface area contributed by atoms with E-state index >= 15 is 0 Å². The molecule has 1 aromatic heterocycles. The minimum Gasteiger partial charge on any atom is -0.493 e. The lowest BCUT2D eigenvalue weighted by Crippen LogP contribution is -2.27. The van der Waals surface area contributed by atoms with Crippen LogP contribution in [-0.2, 0) is 19.4 Å². The average Bonchev–Trinajstić information content (AvgIpc) is 3.34. The van der Waals surface area contributed by atoms with Crippen molar-refractivity contribution >= 4 is 68.3 Å². The number of hydrogen-bond acceptors (Lipinski definition) is 5. The highest BCUT2D eigenvalue weighted by atomic mass is 127. The van der Waals surface area contributed by atoms with Gasteiger partial charge in [0.15, 0.2) is 11.5 Å². The second kappa shape index (κ2) is 13.2. The second-order valence-corrected chi connectivity index (χ2v) is 14.2. The van der Waals surface area contributed by atoms with E-state index < -0.39 is 0 Å². The van der Waals surface area contributed by atoms with E-state index in [2.05, 4.69) is 48.7 Å². The van der Waals surface area contributed by atoms with E-state index in [0.717, 1.165) is 44.5 Å². The third-order valence-electron chi connectivity index (χ3n) is 7.61. The normalized spacial score (nSPS) is 15.0. The maximum atomic E-state index is 13.7. The van der Waals surface area contributed by atoms with Gasteiger partial charge in [0, 0.05) is 21.8 Å². The second-order valence-electron chi connectivity index (χ2n) is 11.5. The van der Waals surface area contributed by atoms with Crippen LogP contribution in [0.15, 0.2) is 71.7 Å². The van der Waals surface area contributed by atoms with Gasteiger partial charge in [-0.2, -0.15) is 0 Å². The Hall–Kier alpha value is -2.88. The molecule has 218 valence electrons. The molecule has 4 aromatic rings. The highest BCUT2D eigenvalue weighted by Gasteiger charge is 2.33. The van der Waals surface area contributed by atoms with Gasteiger partial charge in [0.25, 0.3) is 5.91 Å². The third kappa shape index (κ3) is 7.18. The number of nitrogens with zero attached hydrogens (tertiary/aromatic N) is 1. The van der Waals surface area contributed by atoms with Crippen LogP contribution in [0.4, 0.5) is 10.7 Å². The Morgan fingerprint density at radius 3 is 2.57 bits per heavy atom. The summed E-state index contributed by atoms with van der Waals surface area (Å²) in [6, 6.07) is 21.2. The Morgan fingerprint density at radius 2 is 1.88 bits per heavy atom. The molecule has 0 saturated heterocycles. The Morgan fingerprint density at radius 1 is 1.14 bits per heavy atom. The summed E-state index contributed by atoms with van der Waals surface area (Å²) in [6.45, 7) is 7.34. The number of fused-ring (bicyclic) bond motifs is 1. The zero-order chi connectivity index (χ0) is 29.9. The molecule has 0 bridgehead atoms. The summed E-state index contributed by atoms with van der Waals surface area (Å²) in [5.74, 6) is 1.75. The summed E-state index contributed by atoms with van der Waals surface area (Å²) in [5, 5.41) is 4.41. The lowest BCUT2D eigenvalue weighted by atomic mass is 9.72. The number of methoxy groups -OCH3 is 1. The molecule has 0 radical (unpaired) electrons. The van der Waals surface area contributed by atoms with E-state index in [0.29, 0.717) is 40.3 Å². The number of ether oxygens (including phenoxy) is 2. The van der Waals surface area contributed by atoms with E-state index in [1.165, 1.54) is 4.88 Å². The fourth-order valence-corrected chi connectivity index (χ4v) is 7.36. The van der Waals surface area contributed by atoms with Crippen molar-refractivity contribution in [1.29, 1.82) is 0 Å². The predicted octanol–water partition coefficient (Wildman–Crippen LogP) is 9.75. The van der Waals surface area contributed by atoms with E-state index in [4.69, 9.17) is 26.1 Å². The number of halogens is 2. The lowest BCUT2D eigenvalue weighted by Gasteiger charge is -2.33. The molecule has 5 nitrogen and oxygen atoms in total. The molecule has 0 aliphatic heterocycles. The summed E-state index contributed by atoms with van der Waals surface area (Å²) < 4.78 is 12.7. The maximum absolute atomic E-state index is 13.7. The monoisotopic (exact) mass is 712 g/mol. The van der Waals surface area contributed by atoms with E-state index in [9.17, 15) is 4.79 Å². The van der Waals surface area contributed by atoms with Crippen molar-refractivity contribution in [2.24, 2.45) is 16.3 Å². The number of amides is 1. The summed E-state index contributed by atoms with van der Waals surface area (Å²) in [4.78, 5) is 19.8. The Kier molecular flexibility index (Phi) is 9.60. The standard InChI is InChI=1S/C34H34ClIN2O3S/c1-34(2,3)23-10-15-26-29(18-23)42-33(30(26)32(39)38-25-13-11-24(35)12-14-25)37-19-22-16-27(36)31(28(17-22)40-4)41-20-21-8-6-5-7-9-21/h5-9,11-14,16-17,19,23H,10,15,18,20H2,1-4H3,(H,38,39)/t23-/m0/s1. The molecule has 1 atom stereocenters. The molecule has 1 heterocycles. The number of carbonyl (C=O) groups is 1. The van der Waals surface area contributed by atoms with Gasteiger partial charge >= 0.3 is 0 Å². The molecular formula is C34H34ClIN2O3S. The van der Waals surface area contributed by atoms with Gasteiger partial charge in [-0.15, -0.1) is 11.3 Å². The van der Waals surface area contributed by atoms with Crippen LogP contribution >= 0.6 is 45.5 Å². The molecule has 42 heavy (non-hydrogen) atoms. The van der Waals surface area contributed by atoms with Gasteiger partial charge in [-0.1, -0.05) is 62.7 Å². The molecule has 0 fully saturated rings. The molecule has 0 spiro atoms. The quantitative estimate of drug-likeness (QED) is 0.146. The van der Waals surface area contributed by atoms with Crippen LogP contribution in [0.1, 0.15) is 59.1 Å². The molecule has 1 amide bonds. The van der Waals surface area contributed by atoms with Crippen LogP contribution in [0.5, 0.6) is 11.5 Å². The first kappa shape index (κ1) is 30.6. The summed E-state index contributed by atoms with van der Waals surface area (Å²) in [6.07, 6.45) is 4.69. The van der Waals surface area contributed by atoms with E-state index in [-0.39, 0.29) is 11.3 Å². The molecule has 5 rings (SSSR count). The molecule has 0 saturated carbocycles. The molecule has 3 aromatic carbocycles. The van der Waals surface area contributed by atoms with Crippen molar-refractivity contribution in [3.63, 3.8) is 0 Å². The van der Waals surface area contributed by atoms with Gasteiger partial charge < -0.3 is 14.8 Å². The van der Waals surface area contributed by atoms with Crippen LogP contribution in [0, 0.1) is 14.9 Å². The highest BCUT2D eigenvalue weighted by molar-refractivity contribution is 14.1. The molecular weight excluding hydrogens is 679 g/mol. The number of nitrogens with one attached hydrogen (secondary N) is 1. The first-order valence-electron chi connectivity index (χ1n) is 13.9. The van der Waals surface area contributed by atoms with E-state index in [1.54, 1.807) is 30.6 Å². The van der Waals surface area contributed by atoms with Crippen molar-refractivity contribution in [1.82, 2.24) is 0 Å². The van der Waals surface area contributed by atoms with Crippen LogP contribution in [-0.4, -0.2) is 19.2 Å². The van der Waals surface area contributed by atoms with Gasteiger partial charge in [0.05, 0.1) is 16.2 Å². The topological polar surface area (TPSA) is 59.9 Å². The number of hydrogen-bond donors (Lipinski definition) is 1. The zero-order valence-corrected chi connectivity index (χ0v) is 27.9. The van der Waals surface area contributed by atoms with Gasteiger partial charge in [-0.25, -0.2) is 4.99 Å². The molecule has 8 heteroatoms. The molecule has 1 aliphatic rings. The third-order valence-corrected chi connectivity index (χ3v) is 9.82. The number of thiophene rings is 1. The van der Waals surface area contributed by atoms with Gasteiger partial charge in [-0.3, -0.25) is 4.79 Å². The van der Waals surface area contributed by atoms with Crippen LogP contribution in [0.25, 0.3) is 0 Å². The number of benzene rings is 3. The molecule has 0 unspecified atom stereocenters. The molecule has 1 N–H and O–H groups in total. The molecule has 1 aliphatic carbocycles. The largest absolute Gasteiger partial charge is 0.493 e. The minimum absolute atomic E-state index is 0.145. The van der Waals surface area contributed by atoms with Crippen molar-refractivity contribution < 1.29 is 14.3 Å². The van der Waals surface area contributed by atoms with Crippen molar-refractivity contribution in [2.45, 2.75) is 46.6 Å². The first-order valence-corrected chi connectivity index (χ1v) is 16.2. The summed E-state index contributed by atoms with van der Waals surface area (Å²) in [7, 11) is 1.64. The van der Waals surface area contributed by atoms with Gasteiger partial charge in [-0.05, 0) is 106 Å². The first-order chi connectivity index (χ1) is 20.1. The number of carbonyl (C=O) groups excluding carboxylic acids is 1. The predicted molar refractivity (Wildman–Crippen MR) is 182 cm³/mol. The lowest BCUT2D eigenvalue weighted by molar-refractivity contribution is 0.102. The Balaban J connectivity index is 1.45. The average molecular weight is 713 g/mol. The highest BCUT2D eigenvalue weighted by Crippen LogP contribution is 2.45. The van der Waals surface area contributed by atoms with Gasteiger partial charge in [0.1, 0.15) is 11.6 Å². The number of rotatable bonds is 8. The van der Waals surface area contributed by atoms with Crippen molar-refractivity contribution in [3.05, 3.63) is 102 Å². The smallest absolute Gasteiger partial charge is 0.259 e. The van der Waals surface area contributed by atoms with Crippen LogP contribution in [0.2, 0.25) is 5.02 Å². The van der Waals surface area contributed by atoms with Gasteiger partial charge in [0.2, 0.25) is 0 Å². The summed E-state index contributed by atoms with van der Waals surface area (Å²) in [5.41, 5.74) is 4.64. The maximum Gasteiger partial charge on any atom is 0.259 e. The summed E-state index contributed by atoms with van der Waals surface area (Å²) >= 11 is 9.95. The number of anilines is 1. The van der Waals surface area contributed by atoms with Crippen LogP contribution < -0.4 is 14.8 Å². The SMILES string of the molecule is COc1cc(C=Nc2sc3c(c2C(=O)Nc2ccc(Cl)cc2)CC[C@H](C(C)(C)C)C3)cc(I)c1OCc1ccccc1. The Bertz CT molecular complexity index is 1590.